The molecule has 4 nitrogen and oxygen atoms in total. The fourth-order valence-corrected chi connectivity index (χ4v) is 2.14. The number of carboxylic acids is 1. The molecular weight excluding hydrogens is 276 g/mol. The zero-order valence-electron chi connectivity index (χ0n) is 12.0. The largest absolute Gasteiger partial charge is 0.478 e. The Bertz CT molecular complexity index is 809. The number of aryl methyl sites for hydroxylation is 1. The van der Waals surface area contributed by atoms with Crippen molar-refractivity contribution in [2.24, 2.45) is 0 Å². The highest BCUT2D eigenvalue weighted by Crippen LogP contribution is 2.21. The summed E-state index contributed by atoms with van der Waals surface area (Å²) in [4.78, 5) is 19.8. The number of hydrogen-bond donors (Lipinski definition) is 1. The molecule has 0 fully saturated rings. The molecule has 0 saturated carbocycles. The lowest BCUT2D eigenvalue weighted by Crippen LogP contribution is -1.96. The Kier molecular flexibility index (Phi) is 3.66. The van der Waals surface area contributed by atoms with Crippen LogP contribution in [-0.2, 0) is 0 Å². The minimum absolute atomic E-state index is 0.261. The lowest BCUT2D eigenvalue weighted by molar-refractivity contribution is 0.0697. The second-order valence-electron chi connectivity index (χ2n) is 5.01. The maximum absolute atomic E-state index is 10.9. The van der Waals surface area contributed by atoms with E-state index in [0.29, 0.717) is 5.82 Å². The van der Waals surface area contributed by atoms with Gasteiger partial charge in [0.05, 0.1) is 11.3 Å². The van der Waals surface area contributed by atoms with E-state index in [0.717, 1.165) is 16.8 Å². The van der Waals surface area contributed by atoms with Gasteiger partial charge in [-0.1, -0.05) is 42.0 Å². The van der Waals surface area contributed by atoms with Gasteiger partial charge in [-0.25, -0.2) is 14.8 Å². The molecule has 4 heteroatoms. The predicted molar refractivity (Wildman–Crippen MR) is 84.6 cm³/mol. The maximum Gasteiger partial charge on any atom is 0.335 e. The highest BCUT2D eigenvalue weighted by molar-refractivity contribution is 5.88. The Balaban J connectivity index is 1.97. The minimum atomic E-state index is -0.936. The third-order valence-electron chi connectivity index (χ3n) is 3.39. The lowest BCUT2D eigenvalue weighted by atomic mass is 10.1. The molecule has 3 rings (SSSR count). The van der Waals surface area contributed by atoms with Gasteiger partial charge < -0.3 is 5.11 Å². The molecule has 22 heavy (non-hydrogen) atoms. The van der Waals surface area contributed by atoms with E-state index in [9.17, 15) is 4.79 Å². The zero-order chi connectivity index (χ0) is 15.5. The van der Waals surface area contributed by atoms with Gasteiger partial charge in [-0.15, -0.1) is 0 Å². The van der Waals surface area contributed by atoms with Crippen LogP contribution >= 0.6 is 0 Å². The summed E-state index contributed by atoms with van der Waals surface area (Å²) in [7, 11) is 0. The van der Waals surface area contributed by atoms with Crippen molar-refractivity contribution < 1.29 is 9.90 Å². The molecule has 1 N–H and O–H groups in total. The summed E-state index contributed by atoms with van der Waals surface area (Å²) < 4.78 is 0. The predicted octanol–water partition coefficient (Wildman–Crippen LogP) is 3.82. The number of aromatic nitrogens is 2. The van der Waals surface area contributed by atoms with Crippen molar-refractivity contribution in [3.05, 3.63) is 71.9 Å². The van der Waals surface area contributed by atoms with Crippen LogP contribution in [0.25, 0.3) is 22.6 Å². The van der Waals surface area contributed by atoms with Gasteiger partial charge in [0.1, 0.15) is 0 Å². The summed E-state index contributed by atoms with van der Waals surface area (Å²) in [5.74, 6) is -0.283. The molecule has 0 unspecified atom stereocenters. The van der Waals surface area contributed by atoms with Gasteiger partial charge in [-0.2, -0.15) is 0 Å². The third-order valence-corrected chi connectivity index (χ3v) is 3.39. The Morgan fingerprint density at radius 3 is 2.18 bits per heavy atom. The first-order chi connectivity index (χ1) is 10.6. The van der Waals surface area contributed by atoms with Crippen molar-refractivity contribution in [2.45, 2.75) is 6.92 Å². The molecule has 0 aliphatic rings. The quantitative estimate of drug-likeness (QED) is 0.796. The number of nitrogens with zero attached hydrogens (tertiary/aromatic N) is 2. The minimum Gasteiger partial charge on any atom is -0.478 e. The SMILES string of the molecule is Cc1ccc(-c2nccc(-c3ccc(C(=O)O)cc3)n2)cc1. The summed E-state index contributed by atoms with van der Waals surface area (Å²) >= 11 is 0. The van der Waals surface area contributed by atoms with E-state index in [1.165, 1.54) is 5.56 Å². The number of aromatic carboxylic acids is 1. The van der Waals surface area contributed by atoms with Crippen LogP contribution in [0.1, 0.15) is 15.9 Å². The molecule has 0 amide bonds. The second-order valence-corrected chi connectivity index (χ2v) is 5.01. The molecule has 2 aromatic carbocycles. The van der Waals surface area contributed by atoms with Crippen LogP contribution in [0.4, 0.5) is 0 Å². The fourth-order valence-electron chi connectivity index (χ4n) is 2.14. The Morgan fingerprint density at radius 2 is 1.55 bits per heavy atom. The van der Waals surface area contributed by atoms with Crippen LogP contribution in [0.2, 0.25) is 0 Å². The smallest absolute Gasteiger partial charge is 0.335 e. The summed E-state index contributed by atoms with van der Waals surface area (Å²) in [5.41, 5.74) is 4.03. The van der Waals surface area contributed by atoms with Crippen molar-refractivity contribution in [2.75, 3.05) is 0 Å². The van der Waals surface area contributed by atoms with E-state index in [1.54, 1.807) is 30.5 Å². The van der Waals surface area contributed by atoms with E-state index >= 15 is 0 Å². The molecule has 0 atom stereocenters. The van der Waals surface area contributed by atoms with Crippen LogP contribution < -0.4 is 0 Å². The maximum atomic E-state index is 10.9. The average molecular weight is 290 g/mol. The number of hydrogen-bond acceptors (Lipinski definition) is 3. The Morgan fingerprint density at radius 1 is 0.909 bits per heavy atom. The van der Waals surface area contributed by atoms with E-state index < -0.39 is 5.97 Å². The molecule has 1 heterocycles. The van der Waals surface area contributed by atoms with Crippen LogP contribution in [0, 0.1) is 6.92 Å². The van der Waals surface area contributed by atoms with Gasteiger partial charge in [0.25, 0.3) is 0 Å². The summed E-state index contributed by atoms with van der Waals surface area (Å²) in [6.07, 6.45) is 1.71. The molecular formula is C18H14N2O2. The van der Waals surface area contributed by atoms with E-state index in [2.05, 4.69) is 9.97 Å². The number of carboxylic acid groups (broad SMARTS) is 1. The van der Waals surface area contributed by atoms with Gasteiger partial charge >= 0.3 is 5.97 Å². The number of benzene rings is 2. The first-order valence-corrected chi connectivity index (χ1v) is 6.87. The Labute approximate surface area is 128 Å². The first-order valence-electron chi connectivity index (χ1n) is 6.87. The molecule has 0 aliphatic heterocycles. The standard InChI is InChI=1S/C18H14N2O2/c1-12-2-4-14(5-3-12)17-19-11-10-16(20-17)13-6-8-15(9-7-13)18(21)22/h2-11H,1H3,(H,21,22). The summed E-state index contributed by atoms with van der Waals surface area (Å²) in [5, 5.41) is 8.94. The van der Waals surface area contributed by atoms with E-state index in [1.807, 2.05) is 37.3 Å². The molecule has 0 spiro atoms. The van der Waals surface area contributed by atoms with Crippen molar-refractivity contribution >= 4 is 5.97 Å². The van der Waals surface area contributed by atoms with Gasteiger partial charge in [-0.05, 0) is 25.1 Å². The molecule has 0 bridgehead atoms. The van der Waals surface area contributed by atoms with E-state index in [4.69, 9.17) is 5.11 Å². The normalized spacial score (nSPS) is 10.4. The number of carbonyl (C=O) groups is 1. The van der Waals surface area contributed by atoms with Crippen LogP contribution in [0.3, 0.4) is 0 Å². The van der Waals surface area contributed by atoms with Crippen LogP contribution in [-0.4, -0.2) is 21.0 Å². The molecule has 0 aliphatic carbocycles. The van der Waals surface area contributed by atoms with Crippen molar-refractivity contribution in [3.8, 4) is 22.6 Å². The van der Waals surface area contributed by atoms with Crippen LogP contribution in [0.15, 0.2) is 60.8 Å². The lowest BCUT2D eigenvalue weighted by Gasteiger charge is -2.05. The van der Waals surface area contributed by atoms with Gasteiger partial charge in [-0.3, -0.25) is 0 Å². The van der Waals surface area contributed by atoms with Gasteiger partial charge in [0.15, 0.2) is 5.82 Å². The summed E-state index contributed by atoms with van der Waals surface area (Å²) in [6, 6.07) is 16.5. The first kappa shape index (κ1) is 13.9. The zero-order valence-corrected chi connectivity index (χ0v) is 12.0. The molecule has 0 saturated heterocycles. The third kappa shape index (κ3) is 2.86. The van der Waals surface area contributed by atoms with Crippen molar-refractivity contribution in [1.82, 2.24) is 9.97 Å². The van der Waals surface area contributed by atoms with Gasteiger partial charge in [0, 0.05) is 17.3 Å². The van der Waals surface area contributed by atoms with Crippen LogP contribution in [0.5, 0.6) is 0 Å². The van der Waals surface area contributed by atoms with E-state index in [-0.39, 0.29) is 5.56 Å². The highest BCUT2D eigenvalue weighted by Gasteiger charge is 2.06. The molecule has 108 valence electrons. The average Bonchev–Trinajstić information content (AvgIpc) is 2.56. The topological polar surface area (TPSA) is 63.1 Å². The highest BCUT2D eigenvalue weighted by atomic mass is 16.4. The second kappa shape index (κ2) is 5.77. The molecule has 0 radical (unpaired) electrons. The Hall–Kier alpha value is -3.01. The fraction of sp³-hybridized carbons (Fsp3) is 0.0556. The molecule has 1 aromatic heterocycles. The van der Waals surface area contributed by atoms with Crippen molar-refractivity contribution in [3.63, 3.8) is 0 Å². The van der Waals surface area contributed by atoms with Gasteiger partial charge in [0.2, 0.25) is 0 Å². The molecule has 3 aromatic rings. The monoisotopic (exact) mass is 290 g/mol. The van der Waals surface area contributed by atoms with Crippen molar-refractivity contribution in [1.29, 1.82) is 0 Å². The number of rotatable bonds is 3. The summed E-state index contributed by atoms with van der Waals surface area (Å²) in [6.45, 7) is 2.03.